The van der Waals surface area contributed by atoms with Gasteiger partial charge in [-0.1, -0.05) is 18.2 Å². The van der Waals surface area contributed by atoms with Crippen LogP contribution in [0.5, 0.6) is 5.75 Å². The molecule has 0 bridgehead atoms. The van der Waals surface area contributed by atoms with Gasteiger partial charge in [0.25, 0.3) is 10.0 Å². The Kier molecular flexibility index (Phi) is 6.26. The van der Waals surface area contributed by atoms with Gasteiger partial charge >= 0.3 is 6.61 Å². The predicted molar refractivity (Wildman–Crippen MR) is 105 cm³/mol. The van der Waals surface area contributed by atoms with Crippen molar-refractivity contribution in [3.05, 3.63) is 48.5 Å². The van der Waals surface area contributed by atoms with Crippen LogP contribution in [-0.4, -0.2) is 53.2 Å². The van der Waals surface area contributed by atoms with Gasteiger partial charge < -0.3 is 14.5 Å². The number of hydrogen-bond acceptors (Lipinski definition) is 5. The Morgan fingerprint density at radius 1 is 1.07 bits per heavy atom. The van der Waals surface area contributed by atoms with E-state index >= 15 is 0 Å². The first-order valence-corrected chi connectivity index (χ1v) is 10.4. The zero-order valence-electron chi connectivity index (χ0n) is 15.1. The van der Waals surface area contributed by atoms with Crippen LogP contribution >= 0.6 is 11.8 Å². The van der Waals surface area contributed by atoms with Crippen LogP contribution in [0.15, 0.2) is 53.4 Å². The molecule has 0 N–H and O–H groups in total. The molecule has 0 amide bonds. The number of halogens is 3. The van der Waals surface area contributed by atoms with Crippen molar-refractivity contribution in [2.45, 2.75) is 11.5 Å². The zero-order chi connectivity index (χ0) is 20.3. The molecule has 0 saturated carbocycles. The molecule has 1 fully saturated rings. The second kappa shape index (κ2) is 8.50. The molecular formula is C18H20ClF2N3O3S. The Bertz CT molecular complexity index is 922. The Balaban J connectivity index is 1.90. The van der Waals surface area contributed by atoms with Crippen molar-refractivity contribution in [2.75, 3.05) is 42.0 Å². The molecule has 0 aromatic heterocycles. The lowest BCUT2D eigenvalue weighted by atomic mass is 10.2. The number of rotatable bonds is 6. The van der Waals surface area contributed by atoms with Crippen LogP contribution in [0.4, 0.5) is 20.2 Å². The molecule has 28 heavy (non-hydrogen) atoms. The topological polar surface area (TPSA) is 53.1 Å². The summed E-state index contributed by atoms with van der Waals surface area (Å²) >= 11 is 6.08. The lowest BCUT2D eigenvalue weighted by Gasteiger charge is -2.34. The zero-order valence-corrected chi connectivity index (χ0v) is 16.7. The van der Waals surface area contributed by atoms with E-state index in [1.54, 1.807) is 6.07 Å². The van der Waals surface area contributed by atoms with Crippen LogP contribution in [-0.2, 0) is 10.0 Å². The van der Waals surface area contributed by atoms with Gasteiger partial charge in [0.15, 0.2) is 5.75 Å². The van der Waals surface area contributed by atoms with E-state index in [1.165, 1.54) is 36.4 Å². The summed E-state index contributed by atoms with van der Waals surface area (Å²) in [6.07, 6.45) is 0. The molecule has 0 unspecified atom stereocenters. The minimum Gasteiger partial charge on any atom is -0.433 e. The highest BCUT2D eigenvalue weighted by atomic mass is 35.5. The molecule has 152 valence electrons. The number of anilines is 2. The Morgan fingerprint density at radius 2 is 1.75 bits per heavy atom. The fourth-order valence-corrected chi connectivity index (χ4v) is 4.42. The Morgan fingerprint density at radius 3 is 2.43 bits per heavy atom. The lowest BCUT2D eigenvalue weighted by Crippen LogP contribution is -2.44. The van der Waals surface area contributed by atoms with Crippen molar-refractivity contribution in [3.8, 4) is 5.75 Å². The number of nitrogens with zero attached hydrogens (tertiary/aromatic N) is 3. The third-order valence-electron chi connectivity index (χ3n) is 4.47. The molecule has 0 radical (unpaired) electrons. The summed E-state index contributed by atoms with van der Waals surface area (Å²) in [6, 6.07) is 11.9. The number of likely N-dealkylation sites (N-methyl/N-ethyl adjacent to an activating group) is 1. The van der Waals surface area contributed by atoms with Crippen LogP contribution < -0.4 is 13.5 Å². The quantitative estimate of drug-likeness (QED) is 0.656. The summed E-state index contributed by atoms with van der Waals surface area (Å²) in [5, 5.41) is 0. The normalized spacial score (nSPS) is 15.7. The molecule has 1 heterocycles. The van der Waals surface area contributed by atoms with Gasteiger partial charge in [-0.15, -0.1) is 0 Å². The van der Waals surface area contributed by atoms with E-state index in [1.807, 2.05) is 13.1 Å². The number of benzene rings is 2. The van der Waals surface area contributed by atoms with E-state index in [2.05, 4.69) is 14.5 Å². The van der Waals surface area contributed by atoms with Gasteiger partial charge in [-0.05, 0) is 37.4 Å². The van der Waals surface area contributed by atoms with Crippen molar-refractivity contribution in [1.82, 2.24) is 4.90 Å². The second-order valence-corrected chi connectivity index (χ2v) is 8.68. The average molecular weight is 432 g/mol. The van der Waals surface area contributed by atoms with Crippen LogP contribution in [0.3, 0.4) is 0 Å². The first kappa shape index (κ1) is 20.6. The number of alkyl halides is 2. The summed E-state index contributed by atoms with van der Waals surface area (Å²) in [5.41, 5.74) is 0.575. The number of piperazine rings is 1. The molecule has 3 rings (SSSR count). The summed E-state index contributed by atoms with van der Waals surface area (Å²) in [5.74, 6) is -0.328. The molecule has 1 saturated heterocycles. The van der Waals surface area contributed by atoms with Gasteiger partial charge in [-0.3, -0.25) is 0 Å². The number of para-hydroxylation sites is 2. The van der Waals surface area contributed by atoms with Gasteiger partial charge in [0, 0.05) is 43.6 Å². The smallest absolute Gasteiger partial charge is 0.387 e. The molecule has 0 spiro atoms. The van der Waals surface area contributed by atoms with E-state index < -0.39 is 16.6 Å². The van der Waals surface area contributed by atoms with Crippen molar-refractivity contribution in [3.63, 3.8) is 0 Å². The maximum atomic E-state index is 13.0. The minimum absolute atomic E-state index is 0.0363. The van der Waals surface area contributed by atoms with Gasteiger partial charge in [-0.2, -0.15) is 21.0 Å². The van der Waals surface area contributed by atoms with Crippen LogP contribution in [0.1, 0.15) is 0 Å². The number of ether oxygens (including phenoxy) is 1. The Hall–Kier alpha value is -2.10. The van der Waals surface area contributed by atoms with E-state index in [-0.39, 0.29) is 16.3 Å². The average Bonchev–Trinajstić information content (AvgIpc) is 2.68. The standard InChI is InChI=1S/C18H20ClF2N3O3S/c1-22-9-11-23(12-10-22)14-5-4-6-15(13-14)28(25,26)24(19)16-7-2-3-8-17(16)27-18(20)21/h2-8,13,18H,9-12H2,1H3. The first-order valence-electron chi connectivity index (χ1n) is 8.57. The molecular weight excluding hydrogens is 412 g/mol. The first-order chi connectivity index (χ1) is 13.3. The highest BCUT2D eigenvalue weighted by Crippen LogP contribution is 2.35. The van der Waals surface area contributed by atoms with Crippen LogP contribution in [0, 0.1) is 0 Å². The van der Waals surface area contributed by atoms with Crippen LogP contribution in [0.2, 0.25) is 0 Å². The van der Waals surface area contributed by atoms with E-state index in [9.17, 15) is 17.2 Å². The monoisotopic (exact) mass is 431 g/mol. The lowest BCUT2D eigenvalue weighted by molar-refractivity contribution is -0.0493. The van der Waals surface area contributed by atoms with Crippen molar-refractivity contribution in [2.24, 2.45) is 0 Å². The summed E-state index contributed by atoms with van der Waals surface area (Å²) in [4.78, 5) is 4.24. The minimum atomic E-state index is -4.19. The summed E-state index contributed by atoms with van der Waals surface area (Å²) in [6.45, 7) is 0.189. The van der Waals surface area contributed by atoms with E-state index in [0.29, 0.717) is 3.82 Å². The van der Waals surface area contributed by atoms with Gasteiger partial charge in [0.05, 0.1) is 4.90 Å². The fraction of sp³-hybridized carbons (Fsp3) is 0.333. The highest BCUT2D eigenvalue weighted by Gasteiger charge is 2.28. The highest BCUT2D eigenvalue weighted by molar-refractivity contribution is 7.94. The number of hydrogen-bond donors (Lipinski definition) is 0. The molecule has 1 aliphatic heterocycles. The third kappa shape index (κ3) is 4.48. The maximum Gasteiger partial charge on any atom is 0.387 e. The predicted octanol–water partition coefficient (Wildman–Crippen LogP) is 3.39. The molecule has 2 aromatic rings. The maximum absolute atomic E-state index is 13.0. The third-order valence-corrected chi connectivity index (χ3v) is 6.66. The second-order valence-electron chi connectivity index (χ2n) is 6.35. The largest absolute Gasteiger partial charge is 0.433 e. The fourth-order valence-electron chi connectivity index (χ4n) is 2.93. The van der Waals surface area contributed by atoms with Gasteiger partial charge in [0.1, 0.15) is 5.69 Å². The molecule has 1 aliphatic rings. The summed E-state index contributed by atoms with van der Waals surface area (Å²) < 4.78 is 56.0. The SMILES string of the molecule is CN1CCN(c2cccc(S(=O)(=O)N(Cl)c3ccccc3OC(F)F)c2)CC1. The van der Waals surface area contributed by atoms with E-state index in [4.69, 9.17) is 11.8 Å². The number of sulfonamides is 1. The van der Waals surface area contributed by atoms with Gasteiger partial charge in [-0.25, -0.2) is 0 Å². The van der Waals surface area contributed by atoms with Crippen LogP contribution in [0.25, 0.3) is 0 Å². The Labute approximate surface area is 168 Å². The van der Waals surface area contributed by atoms with Crippen molar-refractivity contribution < 1.29 is 21.9 Å². The van der Waals surface area contributed by atoms with Gasteiger partial charge in [0.2, 0.25) is 0 Å². The molecule has 10 heteroatoms. The van der Waals surface area contributed by atoms with Crippen molar-refractivity contribution >= 4 is 33.2 Å². The molecule has 6 nitrogen and oxygen atoms in total. The molecule has 0 atom stereocenters. The summed E-state index contributed by atoms with van der Waals surface area (Å²) in [7, 11) is -2.16. The van der Waals surface area contributed by atoms with E-state index in [0.717, 1.165) is 31.9 Å². The molecule has 2 aromatic carbocycles. The van der Waals surface area contributed by atoms with Crippen molar-refractivity contribution in [1.29, 1.82) is 0 Å². The molecule has 0 aliphatic carbocycles.